The van der Waals surface area contributed by atoms with Crippen molar-refractivity contribution in [3.63, 3.8) is 0 Å². The van der Waals surface area contributed by atoms with Crippen LogP contribution in [0.5, 0.6) is 0 Å². The Balaban J connectivity index is 2.13. The lowest BCUT2D eigenvalue weighted by Gasteiger charge is -2.35. The van der Waals surface area contributed by atoms with E-state index in [0.717, 1.165) is 18.8 Å². The van der Waals surface area contributed by atoms with Gasteiger partial charge < -0.3 is 5.11 Å². The van der Waals surface area contributed by atoms with Gasteiger partial charge in [-0.2, -0.15) is 9.86 Å². The summed E-state index contributed by atoms with van der Waals surface area (Å²) in [5, 5.41) is 12.3. The van der Waals surface area contributed by atoms with Crippen LogP contribution >= 0.6 is 9.03 Å². The minimum absolute atomic E-state index is 0.665. The molecular weight excluding hydrogens is 209 g/mol. The predicted octanol–water partition coefficient (Wildman–Crippen LogP) is 1.61. The number of aromatic nitrogens is 1. The van der Waals surface area contributed by atoms with Gasteiger partial charge in [-0.1, -0.05) is 6.07 Å². The Bertz CT molecular complexity index is 336. The topological polar surface area (TPSA) is 48.7 Å². The van der Waals surface area contributed by atoms with Gasteiger partial charge in [0.15, 0.2) is 0 Å². The summed E-state index contributed by atoms with van der Waals surface area (Å²) in [5.74, 6) is 0. The molecule has 0 bridgehead atoms. The van der Waals surface area contributed by atoms with Crippen molar-refractivity contribution in [3.8, 4) is 0 Å². The summed E-state index contributed by atoms with van der Waals surface area (Å²) in [6, 6.07) is 5.64. The maximum absolute atomic E-state index is 10.4. The van der Waals surface area contributed by atoms with E-state index in [0.29, 0.717) is 12.8 Å². The van der Waals surface area contributed by atoms with Crippen molar-refractivity contribution in [3.05, 3.63) is 30.1 Å². The first-order valence-corrected chi connectivity index (χ1v) is 5.45. The number of pyridine rings is 1. The molecule has 1 saturated heterocycles. The van der Waals surface area contributed by atoms with E-state index in [1.165, 1.54) is 0 Å². The fourth-order valence-electron chi connectivity index (χ4n) is 1.86. The second-order valence-corrected chi connectivity index (χ2v) is 4.00. The molecule has 2 heterocycles. The largest absolute Gasteiger partial charge is 0.383 e. The van der Waals surface area contributed by atoms with Gasteiger partial charge in [0.1, 0.15) is 5.60 Å². The van der Waals surface area contributed by atoms with Gasteiger partial charge in [-0.25, -0.2) is 0 Å². The van der Waals surface area contributed by atoms with Crippen LogP contribution in [0.1, 0.15) is 18.5 Å². The molecule has 0 atom stereocenters. The van der Waals surface area contributed by atoms with Crippen molar-refractivity contribution in [1.29, 1.82) is 0 Å². The predicted molar refractivity (Wildman–Crippen MR) is 59.7 cm³/mol. The number of hydrogen-bond acceptors (Lipinski definition) is 3. The van der Waals surface area contributed by atoms with Gasteiger partial charge >= 0.3 is 0 Å². The Morgan fingerprint density at radius 1 is 1.40 bits per heavy atom. The van der Waals surface area contributed by atoms with Crippen LogP contribution in [-0.2, 0) is 5.60 Å². The van der Waals surface area contributed by atoms with E-state index in [9.17, 15) is 5.11 Å². The smallest absolute Gasteiger partial charge is 0.109 e. The highest BCUT2D eigenvalue weighted by molar-refractivity contribution is 7.03. The Kier molecular flexibility index (Phi) is 3.10. The number of rotatable bonds is 2. The van der Waals surface area contributed by atoms with E-state index in [1.807, 2.05) is 23.2 Å². The first kappa shape index (κ1) is 10.7. The normalized spacial score (nSPS) is 21.1. The highest BCUT2D eigenvalue weighted by atomic mass is 31.0. The first-order chi connectivity index (χ1) is 7.24. The van der Waals surface area contributed by atoms with E-state index in [1.54, 1.807) is 6.20 Å². The molecule has 0 spiro atoms. The monoisotopic (exact) mass is 223 g/mol. The van der Waals surface area contributed by atoms with E-state index >= 15 is 0 Å². The van der Waals surface area contributed by atoms with E-state index in [4.69, 9.17) is 0 Å². The molecule has 5 heteroatoms. The van der Waals surface area contributed by atoms with Crippen LogP contribution in [-0.4, -0.2) is 28.2 Å². The fraction of sp³-hybridized carbons (Fsp3) is 0.500. The average molecular weight is 223 g/mol. The van der Waals surface area contributed by atoms with Crippen molar-refractivity contribution >= 4 is 9.03 Å². The summed E-state index contributed by atoms with van der Waals surface area (Å²) < 4.78 is 0. The Morgan fingerprint density at radius 3 is 2.67 bits per heavy atom. The molecule has 1 aliphatic rings. The zero-order chi connectivity index (χ0) is 10.7. The van der Waals surface area contributed by atoms with Crippen LogP contribution in [0.4, 0.5) is 0 Å². The van der Waals surface area contributed by atoms with Crippen LogP contribution in [0.15, 0.2) is 29.2 Å². The summed E-state index contributed by atoms with van der Waals surface area (Å²) >= 11 is 0. The highest BCUT2D eigenvalue weighted by Crippen LogP contribution is 2.31. The van der Waals surface area contributed by atoms with Gasteiger partial charge in [-0.15, -0.1) is 0 Å². The summed E-state index contributed by atoms with van der Waals surface area (Å²) in [4.78, 5) is 8.13. The second-order valence-electron chi connectivity index (χ2n) is 3.80. The molecule has 1 N–H and O–H groups in total. The number of aliphatic hydroxyl groups is 1. The summed E-state index contributed by atoms with van der Waals surface area (Å²) in [7, 11) is 3.11. The SMILES string of the molecule is OC1(c2ccccn2)CCN(N=P)CC1. The Labute approximate surface area is 91.2 Å². The van der Waals surface area contributed by atoms with E-state index < -0.39 is 5.60 Å². The molecule has 1 aliphatic heterocycles. The second kappa shape index (κ2) is 4.35. The van der Waals surface area contributed by atoms with Crippen molar-refractivity contribution in [2.45, 2.75) is 18.4 Å². The molecule has 0 saturated carbocycles. The van der Waals surface area contributed by atoms with Crippen LogP contribution < -0.4 is 0 Å². The van der Waals surface area contributed by atoms with Crippen LogP contribution in [0, 0.1) is 0 Å². The molecule has 0 unspecified atom stereocenters. The number of piperidine rings is 1. The van der Waals surface area contributed by atoms with E-state index in [2.05, 4.69) is 18.9 Å². The maximum Gasteiger partial charge on any atom is 0.109 e. The van der Waals surface area contributed by atoms with Crippen molar-refractivity contribution in [2.24, 2.45) is 4.85 Å². The van der Waals surface area contributed by atoms with Crippen LogP contribution in [0.3, 0.4) is 0 Å². The molecule has 0 amide bonds. The van der Waals surface area contributed by atoms with Crippen molar-refractivity contribution in [2.75, 3.05) is 13.1 Å². The molecular formula is C10H14N3OP. The van der Waals surface area contributed by atoms with Gasteiger partial charge in [0.2, 0.25) is 0 Å². The molecule has 80 valence electrons. The third-order valence-electron chi connectivity index (χ3n) is 2.85. The minimum atomic E-state index is -0.783. The van der Waals surface area contributed by atoms with Crippen molar-refractivity contribution < 1.29 is 5.11 Å². The van der Waals surface area contributed by atoms with Gasteiger partial charge in [0, 0.05) is 28.3 Å². The van der Waals surface area contributed by atoms with Crippen LogP contribution in [0.25, 0.3) is 0 Å². The third-order valence-corrected chi connectivity index (χ3v) is 3.13. The number of hydrogen-bond donors (Lipinski definition) is 1. The molecule has 0 aromatic carbocycles. The third kappa shape index (κ3) is 2.23. The quantitative estimate of drug-likeness (QED) is 0.775. The van der Waals surface area contributed by atoms with Gasteiger partial charge in [0.05, 0.1) is 5.69 Å². The molecule has 0 aliphatic carbocycles. The zero-order valence-corrected chi connectivity index (χ0v) is 9.43. The Morgan fingerprint density at radius 2 is 2.13 bits per heavy atom. The van der Waals surface area contributed by atoms with Gasteiger partial charge in [-0.3, -0.25) is 4.98 Å². The lowest BCUT2D eigenvalue weighted by Crippen LogP contribution is -2.40. The van der Waals surface area contributed by atoms with E-state index in [-0.39, 0.29) is 0 Å². The molecule has 4 nitrogen and oxygen atoms in total. The summed E-state index contributed by atoms with van der Waals surface area (Å²) in [5.41, 5.74) is -0.0205. The zero-order valence-electron chi connectivity index (χ0n) is 8.43. The fourth-order valence-corrected chi connectivity index (χ4v) is 2.06. The summed E-state index contributed by atoms with van der Waals surface area (Å²) in [6.07, 6.45) is 3.05. The lowest BCUT2D eigenvalue weighted by molar-refractivity contribution is -0.0282. The molecule has 1 fully saturated rings. The Hall–Kier alpha value is -0.830. The standard InChI is InChI=1S/C10H14N3OP/c14-10(9-3-1-2-6-11-9)4-7-13(12-15)8-5-10/h1-3,6,14-15H,4-5,7-8H2. The maximum atomic E-state index is 10.4. The molecule has 1 aromatic heterocycles. The lowest BCUT2D eigenvalue weighted by atomic mass is 9.88. The van der Waals surface area contributed by atoms with Crippen LogP contribution in [0.2, 0.25) is 0 Å². The molecule has 1 aromatic rings. The first-order valence-electron chi connectivity index (χ1n) is 5.01. The van der Waals surface area contributed by atoms with Gasteiger partial charge in [-0.05, 0) is 25.0 Å². The molecule has 0 radical (unpaired) electrons. The summed E-state index contributed by atoms with van der Waals surface area (Å²) in [6.45, 7) is 1.49. The van der Waals surface area contributed by atoms with Gasteiger partial charge in [0.25, 0.3) is 0 Å². The minimum Gasteiger partial charge on any atom is -0.383 e. The number of nitrogens with zero attached hydrogens (tertiary/aromatic N) is 3. The van der Waals surface area contributed by atoms with Crippen molar-refractivity contribution in [1.82, 2.24) is 9.99 Å². The molecule has 15 heavy (non-hydrogen) atoms. The molecule has 2 rings (SSSR count). The average Bonchev–Trinajstić information content (AvgIpc) is 2.31. The highest BCUT2D eigenvalue weighted by Gasteiger charge is 2.34.